The highest BCUT2D eigenvalue weighted by Crippen LogP contribution is 2.16. The van der Waals surface area contributed by atoms with Crippen molar-refractivity contribution in [2.45, 2.75) is 59.3 Å². The molecule has 0 bridgehead atoms. The van der Waals surface area contributed by atoms with Crippen LogP contribution in [0.3, 0.4) is 0 Å². The highest BCUT2D eigenvalue weighted by atomic mass is 16.5. The number of ether oxygens (including phenoxy) is 1. The number of hydrogen-bond acceptors (Lipinski definition) is 4. The van der Waals surface area contributed by atoms with E-state index in [1.165, 1.54) is 5.56 Å². The highest BCUT2D eigenvalue weighted by Gasteiger charge is 2.16. The molecule has 0 aromatic carbocycles. The first-order valence-electron chi connectivity index (χ1n) is 7.60. The lowest BCUT2D eigenvalue weighted by Crippen LogP contribution is -2.35. The Morgan fingerprint density at radius 1 is 1.35 bits per heavy atom. The van der Waals surface area contributed by atoms with E-state index in [4.69, 9.17) is 9.15 Å². The zero-order chi connectivity index (χ0) is 15.0. The first-order valence-corrected chi connectivity index (χ1v) is 7.60. The molecule has 0 amide bonds. The molecule has 0 spiro atoms. The number of methoxy groups -OCH3 is 1. The minimum atomic E-state index is 0.483. The van der Waals surface area contributed by atoms with Crippen LogP contribution in [0.25, 0.3) is 0 Å². The van der Waals surface area contributed by atoms with Gasteiger partial charge in [0.2, 0.25) is 0 Å². The Bertz CT molecular complexity index is 363. The van der Waals surface area contributed by atoms with Gasteiger partial charge in [-0.25, -0.2) is 0 Å². The molecule has 1 N–H and O–H groups in total. The summed E-state index contributed by atoms with van der Waals surface area (Å²) in [6.45, 7) is 12.2. The molecule has 1 rings (SSSR count). The molecule has 4 nitrogen and oxygen atoms in total. The van der Waals surface area contributed by atoms with Crippen LogP contribution in [0.1, 0.15) is 45.4 Å². The minimum absolute atomic E-state index is 0.483. The average Bonchev–Trinajstić information content (AvgIpc) is 2.87. The SMILES string of the molecule is CCC(C)N(CCOC)Cc1occc1CNC(C)C. The molecule has 20 heavy (non-hydrogen) atoms. The van der Waals surface area contributed by atoms with E-state index < -0.39 is 0 Å². The highest BCUT2D eigenvalue weighted by molar-refractivity contribution is 5.17. The zero-order valence-corrected chi connectivity index (χ0v) is 13.6. The van der Waals surface area contributed by atoms with E-state index in [2.05, 4.69) is 44.0 Å². The van der Waals surface area contributed by atoms with Crippen molar-refractivity contribution in [2.75, 3.05) is 20.3 Å². The predicted octanol–water partition coefficient (Wildman–Crippen LogP) is 3.02. The van der Waals surface area contributed by atoms with E-state index in [-0.39, 0.29) is 0 Å². The van der Waals surface area contributed by atoms with Gasteiger partial charge in [-0.05, 0) is 19.4 Å². The Hall–Kier alpha value is -0.840. The summed E-state index contributed by atoms with van der Waals surface area (Å²) < 4.78 is 10.9. The van der Waals surface area contributed by atoms with Crippen molar-refractivity contribution in [3.63, 3.8) is 0 Å². The van der Waals surface area contributed by atoms with Crippen molar-refractivity contribution >= 4 is 0 Å². The summed E-state index contributed by atoms with van der Waals surface area (Å²) in [4.78, 5) is 2.42. The topological polar surface area (TPSA) is 37.6 Å². The maximum absolute atomic E-state index is 5.68. The number of hydrogen-bond donors (Lipinski definition) is 1. The fourth-order valence-corrected chi connectivity index (χ4v) is 2.08. The Morgan fingerprint density at radius 2 is 2.10 bits per heavy atom. The van der Waals surface area contributed by atoms with Gasteiger partial charge in [0.15, 0.2) is 0 Å². The zero-order valence-electron chi connectivity index (χ0n) is 13.6. The third-order valence-electron chi connectivity index (χ3n) is 3.68. The molecule has 0 radical (unpaired) electrons. The molecular formula is C16H30N2O2. The fourth-order valence-electron chi connectivity index (χ4n) is 2.08. The van der Waals surface area contributed by atoms with Crippen molar-refractivity contribution in [3.8, 4) is 0 Å². The second kappa shape index (κ2) is 9.16. The number of nitrogens with one attached hydrogen (secondary N) is 1. The summed E-state index contributed by atoms with van der Waals surface area (Å²) in [7, 11) is 1.75. The second-order valence-electron chi connectivity index (χ2n) is 5.63. The predicted molar refractivity (Wildman–Crippen MR) is 82.7 cm³/mol. The van der Waals surface area contributed by atoms with Crippen LogP contribution < -0.4 is 5.32 Å². The summed E-state index contributed by atoms with van der Waals surface area (Å²) in [6, 6.07) is 3.08. The third-order valence-corrected chi connectivity index (χ3v) is 3.68. The van der Waals surface area contributed by atoms with Gasteiger partial charge in [0.25, 0.3) is 0 Å². The molecular weight excluding hydrogens is 252 g/mol. The number of furan rings is 1. The maximum atomic E-state index is 5.68. The van der Waals surface area contributed by atoms with E-state index in [1.54, 1.807) is 13.4 Å². The molecule has 0 aliphatic carbocycles. The summed E-state index contributed by atoms with van der Waals surface area (Å²) in [6.07, 6.45) is 2.92. The van der Waals surface area contributed by atoms with Gasteiger partial charge in [0, 0.05) is 37.8 Å². The molecule has 0 aliphatic heterocycles. The number of nitrogens with zero attached hydrogens (tertiary/aromatic N) is 1. The Balaban J connectivity index is 2.65. The minimum Gasteiger partial charge on any atom is -0.468 e. The van der Waals surface area contributed by atoms with Gasteiger partial charge in [0.05, 0.1) is 19.4 Å². The average molecular weight is 282 g/mol. The quantitative estimate of drug-likeness (QED) is 0.716. The molecule has 4 heteroatoms. The van der Waals surface area contributed by atoms with Crippen molar-refractivity contribution in [1.82, 2.24) is 10.2 Å². The molecule has 1 aromatic heterocycles. The van der Waals surface area contributed by atoms with E-state index >= 15 is 0 Å². The summed E-state index contributed by atoms with van der Waals surface area (Å²) in [5.74, 6) is 1.06. The molecule has 0 saturated carbocycles. The third kappa shape index (κ3) is 5.65. The largest absolute Gasteiger partial charge is 0.468 e. The van der Waals surface area contributed by atoms with Crippen LogP contribution in [-0.2, 0) is 17.8 Å². The number of rotatable bonds is 10. The lowest BCUT2D eigenvalue weighted by atomic mass is 10.1. The van der Waals surface area contributed by atoms with Crippen LogP contribution in [0.15, 0.2) is 16.7 Å². The van der Waals surface area contributed by atoms with Gasteiger partial charge in [-0.3, -0.25) is 4.90 Å². The lowest BCUT2D eigenvalue weighted by Gasteiger charge is -2.27. The van der Waals surface area contributed by atoms with Crippen LogP contribution in [0.4, 0.5) is 0 Å². The fraction of sp³-hybridized carbons (Fsp3) is 0.750. The van der Waals surface area contributed by atoms with Crippen LogP contribution in [0.2, 0.25) is 0 Å². The van der Waals surface area contributed by atoms with Crippen LogP contribution in [0, 0.1) is 0 Å². The first-order chi connectivity index (χ1) is 9.58. The normalized spacial score (nSPS) is 13.3. The maximum Gasteiger partial charge on any atom is 0.122 e. The van der Waals surface area contributed by atoms with Gasteiger partial charge in [-0.15, -0.1) is 0 Å². The van der Waals surface area contributed by atoms with Gasteiger partial charge in [-0.1, -0.05) is 20.8 Å². The molecule has 1 heterocycles. The molecule has 116 valence electrons. The van der Waals surface area contributed by atoms with E-state index in [9.17, 15) is 0 Å². The standard InChI is InChI=1S/C16H30N2O2/c1-6-14(4)18(8-10-19-5)12-16-15(7-9-20-16)11-17-13(2)3/h7,9,13-14,17H,6,8,10-12H2,1-5H3. The van der Waals surface area contributed by atoms with E-state index in [1.807, 2.05) is 0 Å². The van der Waals surface area contributed by atoms with Gasteiger partial charge >= 0.3 is 0 Å². The van der Waals surface area contributed by atoms with Crippen molar-refractivity contribution < 1.29 is 9.15 Å². The molecule has 0 saturated heterocycles. The van der Waals surface area contributed by atoms with Crippen molar-refractivity contribution in [3.05, 3.63) is 23.7 Å². The lowest BCUT2D eigenvalue weighted by molar-refractivity contribution is 0.112. The summed E-state index contributed by atoms with van der Waals surface area (Å²) >= 11 is 0. The van der Waals surface area contributed by atoms with Crippen LogP contribution >= 0.6 is 0 Å². The molecule has 0 aliphatic rings. The molecule has 1 atom stereocenters. The van der Waals surface area contributed by atoms with Gasteiger partial charge in [-0.2, -0.15) is 0 Å². The Labute approximate surface area is 123 Å². The summed E-state index contributed by atoms with van der Waals surface area (Å²) in [5, 5.41) is 3.44. The molecule has 1 unspecified atom stereocenters. The van der Waals surface area contributed by atoms with Crippen LogP contribution in [0.5, 0.6) is 0 Å². The second-order valence-corrected chi connectivity index (χ2v) is 5.63. The van der Waals surface area contributed by atoms with E-state index in [0.717, 1.165) is 38.4 Å². The van der Waals surface area contributed by atoms with E-state index in [0.29, 0.717) is 12.1 Å². The monoisotopic (exact) mass is 282 g/mol. The van der Waals surface area contributed by atoms with Gasteiger partial charge < -0.3 is 14.5 Å². The first kappa shape index (κ1) is 17.2. The van der Waals surface area contributed by atoms with Gasteiger partial charge in [0.1, 0.15) is 5.76 Å². The Kier molecular flexibility index (Phi) is 7.88. The van der Waals surface area contributed by atoms with Crippen molar-refractivity contribution in [2.24, 2.45) is 0 Å². The smallest absolute Gasteiger partial charge is 0.122 e. The van der Waals surface area contributed by atoms with Crippen LogP contribution in [-0.4, -0.2) is 37.2 Å². The Morgan fingerprint density at radius 3 is 2.70 bits per heavy atom. The summed E-state index contributed by atoms with van der Waals surface area (Å²) in [5.41, 5.74) is 1.25. The molecule has 0 fully saturated rings. The van der Waals surface area contributed by atoms with Crippen molar-refractivity contribution in [1.29, 1.82) is 0 Å². The molecule has 1 aromatic rings.